The molecule has 0 unspecified atom stereocenters. The zero-order valence-corrected chi connectivity index (χ0v) is 11.3. The minimum atomic E-state index is -0.0627. The Bertz CT molecular complexity index is 623. The molecule has 3 rings (SSSR count). The van der Waals surface area contributed by atoms with E-state index in [9.17, 15) is 4.79 Å². The fourth-order valence-electron chi connectivity index (χ4n) is 2.37. The molecule has 0 saturated heterocycles. The van der Waals surface area contributed by atoms with Crippen molar-refractivity contribution in [2.45, 2.75) is 19.3 Å². The van der Waals surface area contributed by atoms with Crippen molar-refractivity contribution >= 4 is 28.3 Å². The lowest BCUT2D eigenvalue weighted by atomic mass is 9.85. The SMILES string of the molecule is O=C(NCC1CCC1)c1cnc(Cl)c2ccccc12. The van der Waals surface area contributed by atoms with Crippen molar-refractivity contribution in [3.63, 3.8) is 0 Å². The topological polar surface area (TPSA) is 42.0 Å². The minimum Gasteiger partial charge on any atom is -0.352 e. The summed E-state index contributed by atoms with van der Waals surface area (Å²) < 4.78 is 0. The number of fused-ring (bicyclic) bond motifs is 1. The van der Waals surface area contributed by atoms with E-state index in [1.54, 1.807) is 6.20 Å². The predicted octanol–water partition coefficient (Wildman–Crippen LogP) is 3.42. The van der Waals surface area contributed by atoms with E-state index in [2.05, 4.69) is 10.3 Å². The van der Waals surface area contributed by atoms with Crippen LogP contribution in [0.1, 0.15) is 29.6 Å². The van der Waals surface area contributed by atoms with Gasteiger partial charge in [-0.2, -0.15) is 0 Å². The van der Waals surface area contributed by atoms with Crippen molar-refractivity contribution in [2.75, 3.05) is 6.54 Å². The number of pyridine rings is 1. The standard InChI is InChI=1S/C15H15ClN2O/c16-14-12-7-2-1-6-11(12)13(9-17-14)15(19)18-8-10-4-3-5-10/h1-2,6-7,9-10H,3-5,8H2,(H,18,19). The summed E-state index contributed by atoms with van der Waals surface area (Å²) in [6.07, 6.45) is 5.28. The van der Waals surface area contributed by atoms with E-state index in [4.69, 9.17) is 11.6 Å². The lowest BCUT2D eigenvalue weighted by Crippen LogP contribution is -2.32. The number of hydrogen-bond acceptors (Lipinski definition) is 2. The van der Waals surface area contributed by atoms with Crippen molar-refractivity contribution < 1.29 is 4.79 Å². The average Bonchev–Trinajstić information content (AvgIpc) is 2.37. The number of rotatable bonds is 3. The average molecular weight is 275 g/mol. The number of carbonyl (C=O) groups excluding carboxylic acids is 1. The summed E-state index contributed by atoms with van der Waals surface area (Å²) in [7, 11) is 0. The van der Waals surface area contributed by atoms with Crippen LogP contribution >= 0.6 is 11.6 Å². The van der Waals surface area contributed by atoms with Crippen LogP contribution in [0.5, 0.6) is 0 Å². The number of halogens is 1. The van der Waals surface area contributed by atoms with Crippen LogP contribution in [0.4, 0.5) is 0 Å². The molecule has 98 valence electrons. The molecule has 1 aliphatic rings. The molecule has 1 aromatic heterocycles. The highest BCUT2D eigenvalue weighted by atomic mass is 35.5. The van der Waals surface area contributed by atoms with Gasteiger partial charge in [-0.25, -0.2) is 4.98 Å². The van der Waals surface area contributed by atoms with Gasteiger partial charge >= 0.3 is 0 Å². The van der Waals surface area contributed by atoms with Gasteiger partial charge in [0.1, 0.15) is 5.15 Å². The van der Waals surface area contributed by atoms with E-state index < -0.39 is 0 Å². The van der Waals surface area contributed by atoms with Gasteiger partial charge in [0.25, 0.3) is 5.91 Å². The van der Waals surface area contributed by atoms with Crippen LogP contribution in [-0.4, -0.2) is 17.4 Å². The lowest BCUT2D eigenvalue weighted by Gasteiger charge is -2.25. The largest absolute Gasteiger partial charge is 0.352 e. The van der Waals surface area contributed by atoms with E-state index in [-0.39, 0.29) is 5.91 Å². The number of hydrogen-bond donors (Lipinski definition) is 1. The summed E-state index contributed by atoms with van der Waals surface area (Å²) in [5, 5.41) is 5.10. The highest BCUT2D eigenvalue weighted by molar-refractivity contribution is 6.34. The Balaban J connectivity index is 1.87. The number of nitrogens with zero attached hydrogens (tertiary/aromatic N) is 1. The maximum absolute atomic E-state index is 12.2. The molecule has 1 fully saturated rings. The third-order valence-corrected chi connectivity index (χ3v) is 4.07. The maximum atomic E-state index is 12.2. The molecule has 4 heteroatoms. The van der Waals surface area contributed by atoms with Gasteiger partial charge in [0.2, 0.25) is 0 Å². The first-order chi connectivity index (χ1) is 9.25. The monoisotopic (exact) mass is 274 g/mol. The Morgan fingerprint density at radius 2 is 2.05 bits per heavy atom. The van der Waals surface area contributed by atoms with E-state index >= 15 is 0 Å². The molecule has 1 heterocycles. The molecular formula is C15H15ClN2O. The number of amides is 1. The third-order valence-electron chi connectivity index (χ3n) is 3.77. The summed E-state index contributed by atoms with van der Waals surface area (Å²) in [6.45, 7) is 0.760. The Kier molecular flexibility index (Phi) is 3.38. The van der Waals surface area contributed by atoms with Gasteiger partial charge in [-0.1, -0.05) is 42.3 Å². The molecule has 1 aliphatic carbocycles. The number of carbonyl (C=O) groups is 1. The summed E-state index contributed by atoms with van der Waals surface area (Å²) in [5.41, 5.74) is 0.597. The van der Waals surface area contributed by atoms with Gasteiger partial charge in [0, 0.05) is 18.1 Å². The van der Waals surface area contributed by atoms with E-state index in [0.717, 1.165) is 17.3 Å². The zero-order chi connectivity index (χ0) is 13.2. The van der Waals surface area contributed by atoms with Gasteiger partial charge in [-0.3, -0.25) is 4.79 Å². The van der Waals surface area contributed by atoms with Crippen LogP contribution in [0.2, 0.25) is 5.15 Å². The van der Waals surface area contributed by atoms with Gasteiger partial charge in [0.15, 0.2) is 0 Å². The molecular weight excluding hydrogens is 260 g/mol. The Morgan fingerprint density at radius 1 is 1.32 bits per heavy atom. The second-order valence-electron chi connectivity index (χ2n) is 5.02. The highest BCUT2D eigenvalue weighted by Gasteiger charge is 2.19. The van der Waals surface area contributed by atoms with Crippen LogP contribution < -0.4 is 5.32 Å². The number of aromatic nitrogens is 1. The quantitative estimate of drug-likeness (QED) is 0.872. The van der Waals surface area contributed by atoms with Crippen LogP contribution in [0.25, 0.3) is 10.8 Å². The molecule has 1 aromatic carbocycles. The Hall–Kier alpha value is -1.61. The Labute approximate surface area is 117 Å². The maximum Gasteiger partial charge on any atom is 0.253 e. The smallest absolute Gasteiger partial charge is 0.253 e. The molecule has 0 spiro atoms. The summed E-state index contributed by atoms with van der Waals surface area (Å²) in [4.78, 5) is 16.3. The van der Waals surface area contributed by atoms with Crippen molar-refractivity contribution in [2.24, 2.45) is 5.92 Å². The molecule has 1 amide bonds. The Morgan fingerprint density at radius 3 is 2.74 bits per heavy atom. The predicted molar refractivity (Wildman–Crippen MR) is 76.4 cm³/mol. The van der Waals surface area contributed by atoms with Crippen molar-refractivity contribution in [3.8, 4) is 0 Å². The molecule has 1 N–H and O–H groups in total. The normalized spacial score (nSPS) is 15.2. The summed E-state index contributed by atoms with van der Waals surface area (Å²) in [5.74, 6) is 0.586. The van der Waals surface area contributed by atoms with Gasteiger partial charge in [-0.05, 0) is 24.1 Å². The van der Waals surface area contributed by atoms with Gasteiger partial charge in [-0.15, -0.1) is 0 Å². The first-order valence-corrected chi connectivity index (χ1v) is 6.95. The molecule has 0 atom stereocenters. The van der Waals surface area contributed by atoms with Crippen LogP contribution in [0, 0.1) is 5.92 Å². The second-order valence-corrected chi connectivity index (χ2v) is 5.37. The third kappa shape index (κ3) is 2.43. The van der Waals surface area contributed by atoms with Crippen LogP contribution in [0.15, 0.2) is 30.5 Å². The highest BCUT2D eigenvalue weighted by Crippen LogP contribution is 2.26. The fraction of sp³-hybridized carbons (Fsp3) is 0.333. The van der Waals surface area contributed by atoms with E-state index in [1.807, 2.05) is 24.3 Å². The lowest BCUT2D eigenvalue weighted by molar-refractivity contribution is 0.0940. The van der Waals surface area contributed by atoms with Gasteiger partial charge in [0.05, 0.1) is 5.56 Å². The second kappa shape index (κ2) is 5.17. The molecule has 0 bridgehead atoms. The first-order valence-electron chi connectivity index (χ1n) is 6.57. The van der Waals surface area contributed by atoms with Crippen LogP contribution in [-0.2, 0) is 0 Å². The van der Waals surface area contributed by atoms with Crippen molar-refractivity contribution in [3.05, 3.63) is 41.2 Å². The van der Waals surface area contributed by atoms with Crippen LogP contribution in [0.3, 0.4) is 0 Å². The summed E-state index contributed by atoms with van der Waals surface area (Å²) >= 11 is 6.05. The molecule has 2 aromatic rings. The molecule has 1 saturated carbocycles. The summed E-state index contributed by atoms with van der Waals surface area (Å²) in [6, 6.07) is 7.59. The molecule has 19 heavy (non-hydrogen) atoms. The first kappa shape index (κ1) is 12.4. The number of benzene rings is 1. The fourth-order valence-corrected chi connectivity index (χ4v) is 2.58. The van der Waals surface area contributed by atoms with Crippen molar-refractivity contribution in [1.82, 2.24) is 10.3 Å². The minimum absolute atomic E-state index is 0.0627. The number of nitrogens with one attached hydrogen (secondary N) is 1. The van der Waals surface area contributed by atoms with E-state index in [0.29, 0.717) is 16.6 Å². The van der Waals surface area contributed by atoms with E-state index in [1.165, 1.54) is 19.3 Å². The molecule has 0 aliphatic heterocycles. The van der Waals surface area contributed by atoms with Gasteiger partial charge < -0.3 is 5.32 Å². The molecule has 3 nitrogen and oxygen atoms in total. The van der Waals surface area contributed by atoms with Crippen molar-refractivity contribution in [1.29, 1.82) is 0 Å². The molecule has 0 radical (unpaired) electrons. The zero-order valence-electron chi connectivity index (χ0n) is 10.5.